The molecule has 0 bridgehead atoms. The highest BCUT2D eigenvalue weighted by Gasteiger charge is 2.61. The number of imide groups is 1. The van der Waals surface area contributed by atoms with Gasteiger partial charge in [0.15, 0.2) is 0 Å². The highest BCUT2D eigenvalue weighted by Crippen LogP contribution is 2.55. The molecule has 2 aliphatic heterocycles. The molecule has 3 amide bonds. The Morgan fingerprint density at radius 1 is 1.08 bits per heavy atom. The fraction of sp³-hybridized carbons (Fsp3) is 0.211. The third-order valence-electron chi connectivity index (χ3n) is 4.54. The summed E-state index contributed by atoms with van der Waals surface area (Å²) in [5, 5.41) is 0. The van der Waals surface area contributed by atoms with E-state index < -0.39 is 4.87 Å². The summed E-state index contributed by atoms with van der Waals surface area (Å²) < 4.78 is 0. The Hall–Kier alpha value is -2.60. The van der Waals surface area contributed by atoms with Crippen molar-refractivity contribution >= 4 is 40.9 Å². The summed E-state index contributed by atoms with van der Waals surface area (Å²) in [6, 6.07) is 16.4. The zero-order chi connectivity index (χ0) is 17.6. The molecule has 0 aliphatic carbocycles. The topological polar surface area (TPSA) is 57.7 Å². The number of fused-ring (bicyclic) bond motifs is 2. The zero-order valence-corrected chi connectivity index (χ0v) is 14.5. The summed E-state index contributed by atoms with van der Waals surface area (Å²) in [4.78, 5) is 40.1. The molecule has 2 aromatic carbocycles. The fourth-order valence-corrected chi connectivity index (χ4v) is 4.81. The Kier molecular flexibility index (Phi) is 3.65. The number of carbonyl (C=O) groups excluding carboxylic acids is 3. The molecule has 1 atom stereocenters. The molecule has 2 heterocycles. The molecular formula is C19H16N2O3S. The second kappa shape index (κ2) is 5.74. The van der Waals surface area contributed by atoms with Crippen molar-refractivity contribution in [3.05, 3.63) is 60.2 Å². The Balaban J connectivity index is 1.95. The Morgan fingerprint density at radius 2 is 1.76 bits per heavy atom. The Labute approximate surface area is 149 Å². The predicted molar refractivity (Wildman–Crippen MR) is 97.3 cm³/mol. The van der Waals surface area contributed by atoms with Crippen LogP contribution in [0, 0.1) is 0 Å². The lowest BCUT2D eigenvalue weighted by Crippen LogP contribution is -2.50. The summed E-state index contributed by atoms with van der Waals surface area (Å²) >= 11 is 1.28. The SMILES string of the molecule is CCC(=O)N1C(=O)C2(SCC(=O)N2c2ccccc2)c2ccccc21. The van der Waals surface area contributed by atoms with Gasteiger partial charge in [-0.2, -0.15) is 0 Å². The van der Waals surface area contributed by atoms with E-state index in [1.807, 2.05) is 42.5 Å². The average Bonchev–Trinajstić information content (AvgIpc) is 3.12. The van der Waals surface area contributed by atoms with Crippen LogP contribution in [-0.2, 0) is 19.3 Å². The van der Waals surface area contributed by atoms with E-state index in [0.29, 0.717) is 16.9 Å². The van der Waals surface area contributed by atoms with Crippen molar-refractivity contribution in [2.45, 2.75) is 18.2 Å². The van der Waals surface area contributed by atoms with Crippen molar-refractivity contribution in [1.29, 1.82) is 0 Å². The molecule has 1 unspecified atom stereocenters. The molecule has 2 aromatic rings. The summed E-state index contributed by atoms with van der Waals surface area (Å²) in [5.74, 6) is -0.559. The maximum Gasteiger partial charge on any atom is 0.275 e. The summed E-state index contributed by atoms with van der Waals surface area (Å²) in [7, 11) is 0. The first-order chi connectivity index (χ1) is 12.1. The van der Waals surface area contributed by atoms with Gasteiger partial charge in [0.1, 0.15) is 0 Å². The Morgan fingerprint density at radius 3 is 2.48 bits per heavy atom. The van der Waals surface area contributed by atoms with Crippen LogP contribution in [0.3, 0.4) is 0 Å². The summed E-state index contributed by atoms with van der Waals surface area (Å²) in [6.45, 7) is 1.73. The second-order valence-corrected chi connectivity index (χ2v) is 7.07. The highest BCUT2D eigenvalue weighted by molar-refractivity contribution is 8.02. The number of hydrogen-bond donors (Lipinski definition) is 0. The van der Waals surface area contributed by atoms with Crippen LogP contribution in [0.4, 0.5) is 11.4 Å². The lowest BCUT2D eigenvalue weighted by atomic mass is 10.0. The molecule has 0 aromatic heterocycles. The third kappa shape index (κ3) is 2.07. The van der Waals surface area contributed by atoms with Crippen LogP contribution in [0.2, 0.25) is 0 Å². The van der Waals surface area contributed by atoms with Crippen LogP contribution in [0.1, 0.15) is 18.9 Å². The van der Waals surface area contributed by atoms with Crippen LogP contribution in [0.5, 0.6) is 0 Å². The maximum absolute atomic E-state index is 13.4. The van der Waals surface area contributed by atoms with Crippen LogP contribution < -0.4 is 9.80 Å². The molecule has 0 saturated carbocycles. The average molecular weight is 352 g/mol. The lowest BCUT2D eigenvalue weighted by molar-refractivity contribution is -0.128. The molecule has 0 N–H and O–H groups in total. The van der Waals surface area contributed by atoms with Crippen molar-refractivity contribution in [3.8, 4) is 0 Å². The molecular weight excluding hydrogens is 336 g/mol. The normalized spacial score (nSPS) is 22.0. The lowest BCUT2D eigenvalue weighted by Gasteiger charge is -2.32. The fourth-order valence-electron chi connectivity index (χ4n) is 3.47. The molecule has 4 rings (SSSR count). The van der Waals surface area contributed by atoms with Crippen LogP contribution in [0.25, 0.3) is 0 Å². The molecule has 126 valence electrons. The number of anilines is 2. The van der Waals surface area contributed by atoms with Crippen molar-refractivity contribution in [2.75, 3.05) is 15.6 Å². The second-order valence-electron chi connectivity index (χ2n) is 5.90. The van der Waals surface area contributed by atoms with E-state index in [1.165, 1.54) is 16.7 Å². The monoisotopic (exact) mass is 352 g/mol. The van der Waals surface area contributed by atoms with Crippen LogP contribution in [0.15, 0.2) is 54.6 Å². The van der Waals surface area contributed by atoms with E-state index in [2.05, 4.69) is 0 Å². The predicted octanol–water partition coefficient (Wildman–Crippen LogP) is 2.90. The van der Waals surface area contributed by atoms with E-state index in [-0.39, 0.29) is 29.9 Å². The number of carbonyl (C=O) groups is 3. The van der Waals surface area contributed by atoms with Crippen LogP contribution in [-0.4, -0.2) is 23.5 Å². The van der Waals surface area contributed by atoms with Gasteiger partial charge in [-0.1, -0.05) is 43.3 Å². The summed E-state index contributed by atoms with van der Waals surface area (Å²) in [6.07, 6.45) is 0.222. The van der Waals surface area contributed by atoms with Gasteiger partial charge in [0, 0.05) is 17.7 Å². The molecule has 1 saturated heterocycles. The number of thioether (sulfide) groups is 1. The minimum Gasteiger partial charge on any atom is -0.283 e. The maximum atomic E-state index is 13.4. The van der Waals surface area contributed by atoms with Gasteiger partial charge >= 0.3 is 0 Å². The van der Waals surface area contributed by atoms with Crippen molar-refractivity contribution < 1.29 is 14.4 Å². The third-order valence-corrected chi connectivity index (χ3v) is 5.92. The van der Waals surface area contributed by atoms with E-state index in [4.69, 9.17) is 0 Å². The Bertz CT molecular complexity index is 883. The minimum atomic E-state index is -1.21. The molecule has 5 nitrogen and oxygen atoms in total. The van der Waals surface area contributed by atoms with E-state index in [1.54, 1.807) is 24.0 Å². The highest BCUT2D eigenvalue weighted by atomic mass is 32.2. The molecule has 6 heteroatoms. The van der Waals surface area contributed by atoms with Gasteiger partial charge in [-0.3, -0.25) is 19.3 Å². The van der Waals surface area contributed by atoms with Gasteiger partial charge in [0.2, 0.25) is 16.7 Å². The van der Waals surface area contributed by atoms with Gasteiger partial charge in [0.05, 0.1) is 11.4 Å². The zero-order valence-electron chi connectivity index (χ0n) is 13.6. The quantitative estimate of drug-likeness (QED) is 0.834. The van der Waals surface area contributed by atoms with E-state index in [0.717, 1.165) is 0 Å². The number of para-hydroxylation sites is 2. The summed E-state index contributed by atoms with van der Waals surface area (Å²) in [5.41, 5.74) is 1.93. The minimum absolute atomic E-state index is 0.134. The van der Waals surface area contributed by atoms with Crippen molar-refractivity contribution in [1.82, 2.24) is 0 Å². The van der Waals surface area contributed by atoms with Crippen molar-refractivity contribution in [2.24, 2.45) is 0 Å². The smallest absolute Gasteiger partial charge is 0.275 e. The molecule has 1 spiro atoms. The first-order valence-electron chi connectivity index (χ1n) is 8.10. The van der Waals surface area contributed by atoms with Gasteiger partial charge in [-0.25, -0.2) is 4.90 Å². The standard InChI is InChI=1S/C19H16N2O3S/c1-2-16(22)20-15-11-7-6-10-14(15)19(18(20)24)21(17(23)12-25-19)13-8-4-3-5-9-13/h3-11H,2,12H2,1H3. The molecule has 2 aliphatic rings. The van der Waals surface area contributed by atoms with Crippen LogP contribution >= 0.6 is 11.8 Å². The van der Waals surface area contributed by atoms with Gasteiger partial charge in [-0.05, 0) is 18.2 Å². The van der Waals surface area contributed by atoms with E-state index >= 15 is 0 Å². The van der Waals surface area contributed by atoms with Crippen molar-refractivity contribution in [3.63, 3.8) is 0 Å². The first kappa shape index (κ1) is 15.9. The molecule has 0 radical (unpaired) electrons. The largest absolute Gasteiger partial charge is 0.283 e. The van der Waals surface area contributed by atoms with E-state index in [9.17, 15) is 14.4 Å². The number of benzene rings is 2. The number of nitrogens with zero attached hydrogens (tertiary/aromatic N) is 2. The molecule has 25 heavy (non-hydrogen) atoms. The number of amides is 3. The number of hydrogen-bond acceptors (Lipinski definition) is 4. The van der Waals surface area contributed by atoms with Gasteiger partial charge in [-0.15, -0.1) is 11.8 Å². The van der Waals surface area contributed by atoms with Gasteiger partial charge in [0.25, 0.3) is 5.91 Å². The van der Waals surface area contributed by atoms with Gasteiger partial charge < -0.3 is 0 Å². The number of rotatable bonds is 2. The molecule has 1 fully saturated rings. The first-order valence-corrected chi connectivity index (χ1v) is 9.08.